The third-order valence-electron chi connectivity index (χ3n) is 2.60. The molecule has 1 aliphatic rings. The molecule has 7 nitrogen and oxygen atoms in total. The second-order valence-corrected chi connectivity index (χ2v) is 4.34. The molecule has 0 aliphatic carbocycles. The van der Waals surface area contributed by atoms with E-state index in [0.717, 1.165) is 5.69 Å². The molecule has 2 rings (SSSR count). The molecule has 0 spiro atoms. The van der Waals surface area contributed by atoms with E-state index in [-0.39, 0.29) is 5.70 Å². The van der Waals surface area contributed by atoms with Crippen LogP contribution in [-0.2, 0) is 0 Å². The minimum atomic E-state index is -0.985. The molecule has 7 heteroatoms. The Bertz CT molecular complexity index is 484. The monoisotopic (exact) mass is 263 g/mol. The van der Waals surface area contributed by atoms with E-state index in [2.05, 4.69) is 10.5 Å². The summed E-state index contributed by atoms with van der Waals surface area (Å²) < 4.78 is 0. The molecule has 1 aliphatic heterocycles. The first-order valence-corrected chi connectivity index (χ1v) is 5.85. The molecular weight excluding hydrogens is 246 g/mol. The molecule has 1 aromatic rings. The Labute approximate surface area is 111 Å². The average molecular weight is 263 g/mol. The highest BCUT2D eigenvalue weighted by Gasteiger charge is 2.21. The van der Waals surface area contributed by atoms with Gasteiger partial charge in [0.05, 0.1) is 12.2 Å². The topological polar surface area (TPSA) is 78.6 Å². The number of quaternary nitrogens is 1. The van der Waals surface area contributed by atoms with Gasteiger partial charge in [0.1, 0.15) is 11.9 Å². The molecular formula is C12H17N5O2. The van der Waals surface area contributed by atoms with Crippen molar-refractivity contribution in [3.05, 3.63) is 46.9 Å². The molecule has 19 heavy (non-hydrogen) atoms. The van der Waals surface area contributed by atoms with Crippen LogP contribution < -0.4 is 15.7 Å². The summed E-state index contributed by atoms with van der Waals surface area (Å²) in [6.07, 6.45) is 1.37. The number of hydroxylamine groups is 2. The SMILES string of the molecule is CN(C)NC1=C([NH+]([O-])O)C=NN(c2ccccc2)C1. The van der Waals surface area contributed by atoms with Crippen molar-refractivity contribution in [2.45, 2.75) is 0 Å². The van der Waals surface area contributed by atoms with Crippen LogP contribution in [0.2, 0.25) is 0 Å². The molecule has 0 saturated carbocycles. The number of rotatable bonds is 4. The fraction of sp³-hybridized carbons (Fsp3) is 0.250. The zero-order valence-electron chi connectivity index (χ0n) is 10.9. The van der Waals surface area contributed by atoms with Gasteiger partial charge in [0.25, 0.3) is 0 Å². The van der Waals surface area contributed by atoms with Crippen LogP contribution in [0.1, 0.15) is 0 Å². The van der Waals surface area contributed by atoms with Gasteiger partial charge in [-0.3, -0.25) is 5.01 Å². The van der Waals surface area contributed by atoms with Gasteiger partial charge < -0.3 is 10.6 Å². The maximum absolute atomic E-state index is 11.2. The Hall–Kier alpha value is -1.93. The fourth-order valence-electron chi connectivity index (χ4n) is 1.79. The highest BCUT2D eigenvalue weighted by Crippen LogP contribution is 2.17. The molecule has 1 aromatic carbocycles. The number of anilines is 1. The van der Waals surface area contributed by atoms with Crippen molar-refractivity contribution in [2.75, 3.05) is 25.6 Å². The Kier molecular flexibility index (Phi) is 4.13. The number of nitrogens with one attached hydrogen (secondary N) is 2. The third kappa shape index (κ3) is 3.30. The van der Waals surface area contributed by atoms with E-state index in [1.165, 1.54) is 6.21 Å². The minimum absolute atomic E-state index is 0.181. The van der Waals surface area contributed by atoms with E-state index in [0.29, 0.717) is 12.2 Å². The largest absolute Gasteiger partial charge is 0.595 e. The van der Waals surface area contributed by atoms with Crippen molar-refractivity contribution >= 4 is 11.9 Å². The van der Waals surface area contributed by atoms with Crippen LogP contribution in [0.3, 0.4) is 0 Å². The Morgan fingerprint density at radius 2 is 2.05 bits per heavy atom. The van der Waals surface area contributed by atoms with E-state index < -0.39 is 5.23 Å². The van der Waals surface area contributed by atoms with Crippen molar-refractivity contribution in [3.63, 3.8) is 0 Å². The van der Waals surface area contributed by atoms with Crippen LogP contribution in [0.5, 0.6) is 0 Å². The molecule has 102 valence electrons. The van der Waals surface area contributed by atoms with Crippen LogP contribution in [0.15, 0.2) is 46.8 Å². The fourth-order valence-corrected chi connectivity index (χ4v) is 1.79. The zero-order valence-corrected chi connectivity index (χ0v) is 10.9. The van der Waals surface area contributed by atoms with Crippen LogP contribution in [0.4, 0.5) is 5.69 Å². The second-order valence-electron chi connectivity index (χ2n) is 4.34. The number of para-hydroxylation sites is 1. The molecule has 0 bridgehead atoms. The van der Waals surface area contributed by atoms with Gasteiger partial charge in [-0.25, -0.2) is 10.2 Å². The molecule has 0 aromatic heterocycles. The summed E-state index contributed by atoms with van der Waals surface area (Å²) in [5.41, 5.74) is 4.72. The van der Waals surface area contributed by atoms with Gasteiger partial charge in [-0.15, -0.1) is 0 Å². The number of hydrogen-bond donors (Lipinski definition) is 3. The number of hydrazone groups is 1. The van der Waals surface area contributed by atoms with Crippen molar-refractivity contribution in [2.24, 2.45) is 5.10 Å². The molecule has 0 saturated heterocycles. The Morgan fingerprint density at radius 3 is 2.63 bits per heavy atom. The zero-order chi connectivity index (χ0) is 13.8. The van der Waals surface area contributed by atoms with Gasteiger partial charge in [-0.1, -0.05) is 18.2 Å². The van der Waals surface area contributed by atoms with E-state index in [9.17, 15) is 5.21 Å². The molecule has 0 radical (unpaired) electrons. The molecule has 3 N–H and O–H groups in total. The van der Waals surface area contributed by atoms with Crippen molar-refractivity contribution in [1.82, 2.24) is 10.4 Å². The first kappa shape index (κ1) is 13.5. The summed E-state index contributed by atoms with van der Waals surface area (Å²) in [4.78, 5) is 0. The van der Waals surface area contributed by atoms with E-state index in [1.54, 1.807) is 10.0 Å². The van der Waals surface area contributed by atoms with E-state index >= 15 is 0 Å². The normalized spacial score (nSPS) is 17.0. The summed E-state index contributed by atoms with van der Waals surface area (Å²) in [6, 6.07) is 9.61. The summed E-state index contributed by atoms with van der Waals surface area (Å²) in [6.45, 7) is 0.389. The van der Waals surface area contributed by atoms with Crippen molar-refractivity contribution in [1.29, 1.82) is 0 Å². The van der Waals surface area contributed by atoms with Gasteiger partial charge in [-0.2, -0.15) is 10.3 Å². The summed E-state index contributed by atoms with van der Waals surface area (Å²) in [5.74, 6) is 0. The molecule has 1 heterocycles. The predicted octanol–water partition coefficient (Wildman–Crippen LogP) is -0.458. The van der Waals surface area contributed by atoms with Gasteiger partial charge in [-0.05, 0) is 12.1 Å². The van der Waals surface area contributed by atoms with Crippen molar-refractivity contribution < 1.29 is 10.4 Å². The molecule has 0 amide bonds. The van der Waals surface area contributed by atoms with Crippen molar-refractivity contribution in [3.8, 4) is 0 Å². The number of hydrogen-bond acceptors (Lipinski definition) is 6. The second kappa shape index (κ2) is 5.81. The van der Waals surface area contributed by atoms with Crippen LogP contribution in [0, 0.1) is 5.21 Å². The Morgan fingerprint density at radius 1 is 1.37 bits per heavy atom. The lowest BCUT2D eigenvalue weighted by Crippen LogP contribution is -3.03. The van der Waals surface area contributed by atoms with E-state index in [4.69, 9.17) is 5.21 Å². The van der Waals surface area contributed by atoms with E-state index in [1.807, 2.05) is 44.4 Å². The average Bonchev–Trinajstić information content (AvgIpc) is 2.38. The van der Waals surface area contributed by atoms with Crippen LogP contribution >= 0.6 is 0 Å². The smallest absolute Gasteiger partial charge is 0.206 e. The number of hydrazine groups is 1. The van der Waals surface area contributed by atoms with Crippen LogP contribution in [0.25, 0.3) is 0 Å². The molecule has 1 atom stereocenters. The highest BCUT2D eigenvalue weighted by atomic mass is 16.8. The van der Waals surface area contributed by atoms with Crippen LogP contribution in [-0.4, -0.2) is 37.1 Å². The lowest BCUT2D eigenvalue weighted by Gasteiger charge is -2.29. The van der Waals surface area contributed by atoms with Gasteiger partial charge in [0.15, 0.2) is 0 Å². The number of benzene rings is 1. The lowest BCUT2D eigenvalue weighted by atomic mass is 10.2. The maximum Gasteiger partial charge on any atom is 0.206 e. The predicted molar refractivity (Wildman–Crippen MR) is 72.2 cm³/mol. The van der Waals surface area contributed by atoms with Gasteiger partial charge in [0, 0.05) is 14.1 Å². The molecule has 0 fully saturated rings. The summed E-state index contributed by atoms with van der Waals surface area (Å²) >= 11 is 0. The highest BCUT2D eigenvalue weighted by molar-refractivity contribution is 5.79. The Balaban J connectivity index is 2.23. The standard InChI is InChI=1S/C12H17N5O2/c1-15(2)14-11-9-16(10-6-4-3-5-7-10)13-8-12(11)17(18)19/h3-8,14,17-18H,9H2,1-2H3. The number of allylic oxidation sites excluding steroid dienone is 1. The van der Waals surface area contributed by atoms with Gasteiger partial charge in [0.2, 0.25) is 5.70 Å². The first-order chi connectivity index (χ1) is 9.08. The minimum Gasteiger partial charge on any atom is -0.595 e. The number of nitrogens with zero attached hydrogens (tertiary/aromatic N) is 3. The summed E-state index contributed by atoms with van der Waals surface area (Å²) in [5, 5.41) is 27.0. The quantitative estimate of drug-likeness (QED) is 0.641. The lowest BCUT2D eigenvalue weighted by molar-refractivity contribution is -1.01. The third-order valence-corrected chi connectivity index (χ3v) is 2.60. The van der Waals surface area contributed by atoms with Gasteiger partial charge >= 0.3 is 0 Å². The maximum atomic E-state index is 11.2. The molecule has 1 unspecified atom stereocenters. The first-order valence-electron chi connectivity index (χ1n) is 5.85. The summed E-state index contributed by atoms with van der Waals surface area (Å²) in [7, 11) is 3.62.